The highest BCUT2D eigenvalue weighted by molar-refractivity contribution is 5.91. The normalized spacial score (nSPS) is 10.7. The van der Waals surface area contributed by atoms with Crippen LogP contribution < -0.4 is 10.1 Å². The third-order valence-electron chi connectivity index (χ3n) is 3.22. The van der Waals surface area contributed by atoms with Crippen molar-refractivity contribution in [3.8, 4) is 5.75 Å². The molecule has 0 radical (unpaired) electrons. The van der Waals surface area contributed by atoms with Crippen LogP contribution in [-0.2, 0) is 20.9 Å². The molecule has 0 aliphatic carbocycles. The van der Waals surface area contributed by atoms with Crippen LogP contribution in [0.4, 0.5) is 0 Å². The van der Waals surface area contributed by atoms with E-state index in [1.54, 1.807) is 56.6 Å². The number of amides is 1. The van der Waals surface area contributed by atoms with E-state index in [1.165, 1.54) is 6.08 Å². The summed E-state index contributed by atoms with van der Waals surface area (Å²) in [7, 11) is 0. The van der Waals surface area contributed by atoms with Crippen LogP contribution in [0.5, 0.6) is 5.75 Å². The van der Waals surface area contributed by atoms with Gasteiger partial charge in [-0.05, 0) is 49.2 Å². The van der Waals surface area contributed by atoms with Crippen molar-refractivity contribution < 1.29 is 19.1 Å². The molecule has 1 N–H and O–H groups in total. The first-order chi connectivity index (χ1) is 12.5. The Balaban J connectivity index is 1.77. The van der Waals surface area contributed by atoms with E-state index in [4.69, 9.17) is 9.47 Å². The fourth-order valence-electron chi connectivity index (χ4n) is 2.04. The maximum Gasteiger partial charge on any atom is 0.344 e. The van der Waals surface area contributed by atoms with Crippen molar-refractivity contribution in [1.82, 2.24) is 10.3 Å². The molecule has 6 nitrogen and oxygen atoms in total. The standard InChI is InChI=1S/C20H22N2O4/c1-15(2)26-20(24)14-25-18-8-5-16(6-9-18)7-10-19(23)22-13-17-4-3-11-21-12-17/h3-12,15H,13-14H2,1-2H3,(H,22,23). The molecule has 2 rings (SSSR count). The summed E-state index contributed by atoms with van der Waals surface area (Å²) in [4.78, 5) is 27.3. The van der Waals surface area contributed by atoms with Gasteiger partial charge in [-0.1, -0.05) is 18.2 Å². The van der Waals surface area contributed by atoms with Gasteiger partial charge in [-0.25, -0.2) is 4.79 Å². The Hall–Kier alpha value is -3.15. The molecule has 1 heterocycles. The van der Waals surface area contributed by atoms with Gasteiger partial charge in [-0.15, -0.1) is 0 Å². The van der Waals surface area contributed by atoms with Gasteiger partial charge < -0.3 is 14.8 Å². The SMILES string of the molecule is CC(C)OC(=O)COc1ccc(C=CC(=O)NCc2cccnc2)cc1. The Labute approximate surface area is 152 Å². The fraction of sp³-hybridized carbons (Fsp3) is 0.250. The lowest BCUT2D eigenvalue weighted by Crippen LogP contribution is -2.20. The number of pyridine rings is 1. The van der Waals surface area contributed by atoms with Crippen molar-refractivity contribution in [1.29, 1.82) is 0 Å². The first-order valence-electron chi connectivity index (χ1n) is 8.30. The molecule has 0 aliphatic rings. The molecule has 0 aliphatic heterocycles. The van der Waals surface area contributed by atoms with Crippen LogP contribution in [0.25, 0.3) is 6.08 Å². The van der Waals surface area contributed by atoms with Gasteiger partial charge in [0.25, 0.3) is 0 Å². The quantitative estimate of drug-likeness (QED) is 0.583. The highest BCUT2D eigenvalue weighted by Gasteiger charge is 2.06. The molecule has 1 amide bonds. The van der Waals surface area contributed by atoms with E-state index in [0.717, 1.165) is 11.1 Å². The van der Waals surface area contributed by atoms with E-state index in [1.807, 2.05) is 12.1 Å². The Bertz CT molecular complexity index is 740. The van der Waals surface area contributed by atoms with Gasteiger partial charge in [0.1, 0.15) is 5.75 Å². The van der Waals surface area contributed by atoms with E-state index in [2.05, 4.69) is 10.3 Å². The molecule has 0 saturated heterocycles. The van der Waals surface area contributed by atoms with Gasteiger partial charge in [0.15, 0.2) is 6.61 Å². The molecule has 2 aromatic rings. The highest BCUT2D eigenvalue weighted by atomic mass is 16.6. The summed E-state index contributed by atoms with van der Waals surface area (Å²) >= 11 is 0. The zero-order valence-corrected chi connectivity index (χ0v) is 14.8. The average Bonchev–Trinajstić information content (AvgIpc) is 2.64. The second-order valence-electron chi connectivity index (χ2n) is 5.81. The summed E-state index contributed by atoms with van der Waals surface area (Å²) < 4.78 is 10.3. The van der Waals surface area contributed by atoms with Crippen LogP contribution in [0.3, 0.4) is 0 Å². The minimum Gasteiger partial charge on any atom is -0.482 e. The number of nitrogens with zero attached hydrogens (tertiary/aromatic N) is 1. The molecule has 6 heteroatoms. The van der Waals surface area contributed by atoms with E-state index in [-0.39, 0.29) is 18.6 Å². The van der Waals surface area contributed by atoms with Crippen molar-refractivity contribution >= 4 is 18.0 Å². The molecular weight excluding hydrogens is 332 g/mol. The molecule has 0 unspecified atom stereocenters. The Morgan fingerprint density at radius 1 is 1.19 bits per heavy atom. The number of hydrogen-bond acceptors (Lipinski definition) is 5. The van der Waals surface area contributed by atoms with E-state index in [9.17, 15) is 9.59 Å². The van der Waals surface area contributed by atoms with Gasteiger partial charge in [-0.2, -0.15) is 0 Å². The number of nitrogens with one attached hydrogen (secondary N) is 1. The van der Waals surface area contributed by atoms with Crippen LogP contribution in [0.1, 0.15) is 25.0 Å². The van der Waals surface area contributed by atoms with Gasteiger partial charge in [-0.3, -0.25) is 9.78 Å². The molecule has 0 atom stereocenters. The third kappa shape index (κ3) is 7.17. The van der Waals surface area contributed by atoms with Gasteiger partial charge in [0.2, 0.25) is 5.91 Å². The maximum atomic E-state index is 11.8. The van der Waals surface area contributed by atoms with E-state index in [0.29, 0.717) is 12.3 Å². The number of aromatic nitrogens is 1. The number of hydrogen-bond donors (Lipinski definition) is 1. The summed E-state index contributed by atoms with van der Waals surface area (Å²) in [5.74, 6) is -0.0382. The first-order valence-corrected chi connectivity index (χ1v) is 8.30. The second kappa shape index (κ2) is 9.98. The topological polar surface area (TPSA) is 77.5 Å². The predicted molar refractivity (Wildman–Crippen MR) is 98.3 cm³/mol. The van der Waals surface area contributed by atoms with Crippen molar-refractivity contribution in [2.45, 2.75) is 26.5 Å². The molecule has 136 valence electrons. The largest absolute Gasteiger partial charge is 0.482 e. The molecule has 0 saturated carbocycles. The summed E-state index contributed by atoms with van der Waals surface area (Å²) in [5.41, 5.74) is 1.78. The monoisotopic (exact) mass is 354 g/mol. The number of rotatable bonds is 8. The average molecular weight is 354 g/mol. The Kier molecular flexibility index (Phi) is 7.36. The minimum absolute atomic E-state index is 0.135. The summed E-state index contributed by atoms with van der Waals surface area (Å²) in [6.45, 7) is 3.86. The van der Waals surface area contributed by atoms with Crippen LogP contribution in [0.15, 0.2) is 54.9 Å². The van der Waals surface area contributed by atoms with Crippen LogP contribution in [0, 0.1) is 0 Å². The predicted octanol–water partition coefficient (Wildman–Crippen LogP) is 2.74. The summed E-state index contributed by atoms with van der Waals surface area (Å²) in [6, 6.07) is 10.8. The molecule has 0 spiro atoms. The number of ether oxygens (including phenoxy) is 2. The molecule has 0 bridgehead atoms. The fourth-order valence-corrected chi connectivity index (χ4v) is 2.04. The van der Waals surface area contributed by atoms with E-state index >= 15 is 0 Å². The number of carbonyl (C=O) groups excluding carboxylic acids is 2. The molecular formula is C20H22N2O4. The minimum atomic E-state index is -0.408. The molecule has 1 aromatic heterocycles. The highest BCUT2D eigenvalue weighted by Crippen LogP contribution is 2.13. The van der Waals surface area contributed by atoms with Crippen LogP contribution >= 0.6 is 0 Å². The van der Waals surface area contributed by atoms with Crippen molar-refractivity contribution in [2.24, 2.45) is 0 Å². The Morgan fingerprint density at radius 3 is 2.62 bits per heavy atom. The lowest BCUT2D eigenvalue weighted by atomic mass is 10.2. The summed E-state index contributed by atoms with van der Waals surface area (Å²) in [6.07, 6.45) is 6.40. The van der Waals surface area contributed by atoms with Gasteiger partial charge >= 0.3 is 5.97 Å². The van der Waals surface area contributed by atoms with Gasteiger partial charge in [0, 0.05) is 25.0 Å². The second-order valence-corrected chi connectivity index (χ2v) is 5.81. The van der Waals surface area contributed by atoms with Crippen molar-refractivity contribution in [2.75, 3.05) is 6.61 Å². The maximum absolute atomic E-state index is 11.8. The Morgan fingerprint density at radius 2 is 1.96 bits per heavy atom. The smallest absolute Gasteiger partial charge is 0.344 e. The summed E-state index contributed by atoms with van der Waals surface area (Å²) in [5, 5.41) is 2.79. The zero-order valence-electron chi connectivity index (χ0n) is 14.8. The number of carbonyl (C=O) groups is 2. The zero-order chi connectivity index (χ0) is 18.8. The number of esters is 1. The molecule has 26 heavy (non-hydrogen) atoms. The van der Waals surface area contributed by atoms with Crippen molar-refractivity contribution in [3.05, 3.63) is 66.0 Å². The van der Waals surface area contributed by atoms with Crippen LogP contribution in [-0.4, -0.2) is 29.6 Å². The van der Waals surface area contributed by atoms with Crippen LogP contribution in [0.2, 0.25) is 0 Å². The molecule has 0 fully saturated rings. The molecule has 1 aromatic carbocycles. The first kappa shape index (κ1) is 19.2. The lowest BCUT2D eigenvalue weighted by molar-refractivity contribution is -0.149. The van der Waals surface area contributed by atoms with Crippen molar-refractivity contribution in [3.63, 3.8) is 0 Å². The number of benzene rings is 1. The van der Waals surface area contributed by atoms with Gasteiger partial charge in [0.05, 0.1) is 6.10 Å². The van der Waals surface area contributed by atoms with E-state index < -0.39 is 5.97 Å². The third-order valence-corrected chi connectivity index (χ3v) is 3.22. The lowest BCUT2D eigenvalue weighted by Gasteiger charge is -2.09.